The number of carbonyl (C=O) groups is 3. The average Bonchev–Trinajstić information content (AvgIpc) is 3.06. The third-order valence-corrected chi connectivity index (χ3v) is 6.73. The molecular weight excluding hydrogens is 538 g/mol. The molecule has 14 nitrogen and oxygen atoms in total. The highest BCUT2D eigenvalue weighted by Gasteiger charge is 2.76. The number of fused-ring (bicyclic) bond motifs is 3. The number of imide groups is 1. The topological polar surface area (TPSA) is 153 Å². The fourth-order valence-corrected chi connectivity index (χ4v) is 5.23. The molecule has 14 heteroatoms. The number of nitrogens with zero attached hydrogens (tertiary/aromatic N) is 5. The van der Waals surface area contributed by atoms with Crippen LogP contribution in [0.15, 0.2) is 12.7 Å². The number of esters is 1. The first-order valence-corrected chi connectivity index (χ1v) is 13.6. The van der Waals surface area contributed by atoms with Gasteiger partial charge in [-0.3, -0.25) is 9.36 Å². The van der Waals surface area contributed by atoms with Crippen LogP contribution in [0, 0.1) is 5.92 Å². The van der Waals surface area contributed by atoms with Crippen molar-refractivity contribution < 1.29 is 42.8 Å². The van der Waals surface area contributed by atoms with Gasteiger partial charge in [0.1, 0.15) is 35.3 Å². The average molecular weight is 576 g/mol. The molecule has 5 atom stereocenters. The van der Waals surface area contributed by atoms with Crippen molar-refractivity contribution in [1.82, 2.24) is 19.5 Å². The molecule has 3 aliphatic rings. The molecule has 224 valence electrons. The molecule has 5 rings (SSSR count). The maximum Gasteiger partial charge on any atom is 0.425 e. The van der Waals surface area contributed by atoms with Gasteiger partial charge in [0.2, 0.25) is 0 Å². The molecule has 4 heterocycles. The molecule has 2 aliphatic heterocycles. The number of carbonyl (C=O) groups excluding carboxylic acids is 3. The minimum absolute atomic E-state index is 0.124. The Kier molecular flexibility index (Phi) is 6.82. The van der Waals surface area contributed by atoms with Crippen molar-refractivity contribution in [3.8, 4) is 0 Å². The lowest BCUT2D eigenvalue weighted by molar-refractivity contribution is -0.205. The molecule has 0 aromatic carbocycles. The van der Waals surface area contributed by atoms with Crippen LogP contribution in [0.25, 0.3) is 11.2 Å². The molecule has 2 amide bonds. The predicted molar refractivity (Wildman–Crippen MR) is 142 cm³/mol. The predicted octanol–water partition coefficient (Wildman–Crippen LogP) is 3.87. The Labute approximate surface area is 237 Å². The van der Waals surface area contributed by atoms with Crippen molar-refractivity contribution in [2.45, 2.75) is 110 Å². The van der Waals surface area contributed by atoms with Gasteiger partial charge in [-0.15, -0.1) is 0 Å². The summed E-state index contributed by atoms with van der Waals surface area (Å²) >= 11 is 0. The van der Waals surface area contributed by atoms with Crippen LogP contribution < -0.4 is 4.90 Å². The minimum atomic E-state index is -0.984. The lowest BCUT2D eigenvalue weighted by Gasteiger charge is -2.28. The van der Waals surface area contributed by atoms with Crippen LogP contribution in [0.3, 0.4) is 0 Å². The van der Waals surface area contributed by atoms with Gasteiger partial charge in [0.05, 0.1) is 18.9 Å². The van der Waals surface area contributed by atoms with Crippen LogP contribution >= 0.6 is 0 Å². The second kappa shape index (κ2) is 9.60. The quantitative estimate of drug-likeness (QED) is 0.384. The molecule has 1 saturated carbocycles. The maximum atomic E-state index is 13.3. The summed E-state index contributed by atoms with van der Waals surface area (Å²) in [5, 5.41) is 0. The van der Waals surface area contributed by atoms with Gasteiger partial charge in [-0.05, 0) is 68.7 Å². The summed E-state index contributed by atoms with van der Waals surface area (Å²) in [4.78, 5) is 52.9. The van der Waals surface area contributed by atoms with E-state index >= 15 is 0 Å². The number of anilines is 1. The van der Waals surface area contributed by atoms with Crippen molar-refractivity contribution in [2.75, 3.05) is 11.5 Å². The number of ether oxygens (including phenoxy) is 6. The van der Waals surface area contributed by atoms with Gasteiger partial charge in [0.15, 0.2) is 29.0 Å². The summed E-state index contributed by atoms with van der Waals surface area (Å²) in [6.45, 7) is 15.7. The summed E-state index contributed by atoms with van der Waals surface area (Å²) in [6, 6.07) is 0. The molecular formula is C27H37N5O9. The number of hydrogen-bond donors (Lipinski definition) is 0. The Bertz CT molecular complexity index is 1350. The molecule has 0 radical (unpaired) electrons. The Hall–Kier alpha value is -3.36. The zero-order valence-corrected chi connectivity index (χ0v) is 24.8. The summed E-state index contributed by atoms with van der Waals surface area (Å²) in [6.07, 6.45) is -0.824. The van der Waals surface area contributed by atoms with Gasteiger partial charge in [-0.1, -0.05) is 0 Å². The van der Waals surface area contributed by atoms with Crippen LogP contribution in [0.5, 0.6) is 0 Å². The van der Waals surface area contributed by atoms with E-state index in [2.05, 4.69) is 15.0 Å². The fourth-order valence-electron chi connectivity index (χ4n) is 5.23. The lowest BCUT2D eigenvalue weighted by Crippen LogP contribution is -2.44. The fraction of sp³-hybridized carbons (Fsp3) is 0.704. The van der Waals surface area contributed by atoms with Crippen molar-refractivity contribution >= 4 is 35.1 Å². The summed E-state index contributed by atoms with van der Waals surface area (Å²) in [7, 11) is 0. The Morgan fingerprint density at radius 3 is 2.22 bits per heavy atom. The lowest BCUT2D eigenvalue weighted by atomic mass is 10.1. The molecule has 3 fully saturated rings. The third-order valence-electron chi connectivity index (χ3n) is 6.73. The Balaban J connectivity index is 1.54. The molecule has 1 aliphatic carbocycles. The largest absolute Gasteiger partial charge is 0.466 e. The first-order chi connectivity index (χ1) is 19.0. The monoisotopic (exact) mass is 575 g/mol. The summed E-state index contributed by atoms with van der Waals surface area (Å²) in [5.41, 5.74) is -2.36. The van der Waals surface area contributed by atoms with Crippen LogP contribution in [0.2, 0.25) is 0 Å². The minimum Gasteiger partial charge on any atom is -0.466 e. The van der Waals surface area contributed by atoms with Gasteiger partial charge in [0, 0.05) is 0 Å². The number of rotatable bonds is 4. The van der Waals surface area contributed by atoms with E-state index in [1.807, 2.05) is 0 Å². The van der Waals surface area contributed by atoms with E-state index in [1.165, 1.54) is 12.7 Å². The number of hydrogen-bond acceptors (Lipinski definition) is 12. The van der Waals surface area contributed by atoms with Crippen LogP contribution in [0.1, 0.15) is 75.0 Å². The number of imidazole rings is 1. The van der Waals surface area contributed by atoms with E-state index in [0.29, 0.717) is 11.3 Å². The molecule has 2 aromatic heterocycles. The van der Waals surface area contributed by atoms with Gasteiger partial charge in [0.25, 0.3) is 0 Å². The number of aromatic nitrogens is 4. The van der Waals surface area contributed by atoms with Gasteiger partial charge >= 0.3 is 18.2 Å². The van der Waals surface area contributed by atoms with Crippen LogP contribution in [0.4, 0.5) is 15.4 Å². The van der Waals surface area contributed by atoms with E-state index in [9.17, 15) is 14.4 Å². The summed E-state index contributed by atoms with van der Waals surface area (Å²) < 4.78 is 36.8. The highest BCUT2D eigenvalue weighted by molar-refractivity contribution is 6.12. The van der Waals surface area contributed by atoms with Crippen molar-refractivity contribution in [1.29, 1.82) is 0 Å². The number of amides is 2. The van der Waals surface area contributed by atoms with Gasteiger partial charge in [-0.25, -0.2) is 24.5 Å². The van der Waals surface area contributed by atoms with Gasteiger partial charge in [-0.2, -0.15) is 4.90 Å². The van der Waals surface area contributed by atoms with Crippen LogP contribution in [-0.2, 0) is 33.2 Å². The molecule has 0 N–H and O–H groups in total. The molecule has 1 spiro atoms. The molecule has 41 heavy (non-hydrogen) atoms. The Morgan fingerprint density at radius 1 is 1.00 bits per heavy atom. The SMILES string of the molecule is CCOC(=O)[C@@H]1C[C@]12OC(n1cnc3c(N(C(=O)OC(C)(C)C)C(=O)OC(C)(C)C)ncnc31)[C@H]1OC(C)(C)OC12. The molecule has 0 bridgehead atoms. The van der Waals surface area contributed by atoms with Crippen molar-refractivity contribution in [3.63, 3.8) is 0 Å². The van der Waals surface area contributed by atoms with E-state index < -0.39 is 59.1 Å². The highest BCUT2D eigenvalue weighted by Crippen LogP contribution is 2.62. The van der Waals surface area contributed by atoms with Gasteiger partial charge < -0.3 is 28.4 Å². The zero-order valence-electron chi connectivity index (χ0n) is 24.8. The first kappa shape index (κ1) is 29.1. The second-order valence-corrected chi connectivity index (χ2v) is 12.8. The smallest absolute Gasteiger partial charge is 0.425 e. The van der Waals surface area contributed by atoms with Crippen molar-refractivity contribution in [2.24, 2.45) is 5.92 Å². The Morgan fingerprint density at radius 2 is 1.63 bits per heavy atom. The van der Waals surface area contributed by atoms with Crippen LogP contribution in [-0.4, -0.2) is 79.1 Å². The standard InChI is InChI=1S/C27H37N5O9/c1-10-36-21(33)14-11-27(14)17-16(37-26(8,9)38-17)20(39-27)31-13-30-15-18(31)28-12-29-19(15)32(22(34)40-24(2,3)4)23(35)41-25(5,6)7/h12-14,16-17,20H,10-11H2,1-9H3/t14-,16-,17?,20?,27-/m0/s1. The van der Waals surface area contributed by atoms with E-state index in [4.69, 9.17) is 28.4 Å². The molecule has 2 saturated heterocycles. The summed E-state index contributed by atoms with van der Waals surface area (Å²) in [5.74, 6) is -1.91. The molecule has 2 unspecified atom stereocenters. The van der Waals surface area contributed by atoms with Crippen molar-refractivity contribution in [3.05, 3.63) is 12.7 Å². The zero-order chi connectivity index (χ0) is 30.1. The maximum absolute atomic E-state index is 13.3. The third kappa shape index (κ3) is 5.35. The van der Waals surface area contributed by atoms with E-state index in [1.54, 1.807) is 66.9 Å². The normalized spacial score (nSPS) is 28.4. The molecule has 2 aromatic rings. The highest BCUT2D eigenvalue weighted by atomic mass is 16.8. The second-order valence-electron chi connectivity index (χ2n) is 12.8. The van der Waals surface area contributed by atoms with E-state index in [0.717, 1.165) is 0 Å². The van der Waals surface area contributed by atoms with E-state index in [-0.39, 0.29) is 29.6 Å². The first-order valence-electron chi connectivity index (χ1n) is 13.6.